The number of carbonyl (C=O) groups excluding carboxylic acids is 1. The van der Waals surface area contributed by atoms with Gasteiger partial charge in [-0.15, -0.1) is 0 Å². The molecule has 1 atom stereocenters. The van der Waals surface area contributed by atoms with Crippen molar-refractivity contribution in [3.63, 3.8) is 0 Å². The molecule has 1 aliphatic rings. The lowest BCUT2D eigenvalue weighted by atomic mass is 10.0. The Balaban J connectivity index is 1.47. The summed E-state index contributed by atoms with van der Waals surface area (Å²) < 4.78 is 12.5. The molecule has 5 rings (SSSR count). The number of ether oxygens (including phenoxy) is 2. The van der Waals surface area contributed by atoms with E-state index in [1.54, 1.807) is 0 Å². The molecule has 0 radical (unpaired) electrons. The molecule has 5 nitrogen and oxygen atoms in total. The summed E-state index contributed by atoms with van der Waals surface area (Å²) >= 11 is 1.53. The van der Waals surface area contributed by atoms with Crippen molar-refractivity contribution in [1.82, 2.24) is 4.98 Å². The maximum atomic E-state index is 13.6. The highest BCUT2D eigenvalue weighted by molar-refractivity contribution is 7.22. The summed E-state index contributed by atoms with van der Waals surface area (Å²) in [7, 11) is 0. The van der Waals surface area contributed by atoms with E-state index in [2.05, 4.69) is 18.2 Å². The lowest BCUT2D eigenvalue weighted by Gasteiger charge is -2.23. The molecular formula is C26H26N2O3S. The van der Waals surface area contributed by atoms with Crippen LogP contribution in [0.4, 0.5) is 5.13 Å². The summed E-state index contributed by atoms with van der Waals surface area (Å²) in [5.41, 5.74) is 1.91. The summed E-state index contributed by atoms with van der Waals surface area (Å²) in [6, 6.07) is 20.2. The largest absolute Gasteiger partial charge is 0.494 e. The Hall–Kier alpha value is -2.96. The van der Waals surface area contributed by atoms with Gasteiger partial charge in [-0.3, -0.25) is 9.69 Å². The molecule has 0 spiro atoms. The van der Waals surface area contributed by atoms with Crippen LogP contribution in [-0.4, -0.2) is 36.8 Å². The van der Waals surface area contributed by atoms with Crippen LogP contribution in [0.1, 0.15) is 25.3 Å². The van der Waals surface area contributed by atoms with Gasteiger partial charge in [0.2, 0.25) is 5.91 Å². The number of hydrogen-bond donors (Lipinski definition) is 0. The lowest BCUT2D eigenvalue weighted by Crippen LogP contribution is -2.38. The third kappa shape index (κ3) is 4.33. The first-order valence-corrected chi connectivity index (χ1v) is 11.9. The zero-order valence-corrected chi connectivity index (χ0v) is 18.9. The van der Waals surface area contributed by atoms with E-state index in [4.69, 9.17) is 14.5 Å². The van der Waals surface area contributed by atoms with E-state index >= 15 is 0 Å². The summed E-state index contributed by atoms with van der Waals surface area (Å²) in [5.74, 6) is 0.865. The quantitative estimate of drug-likeness (QED) is 0.371. The van der Waals surface area contributed by atoms with Gasteiger partial charge in [0, 0.05) is 6.61 Å². The molecule has 0 bridgehead atoms. The van der Waals surface area contributed by atoms with Crippen LogP contribution in [0.5, 0.6) is 5.75 Å². The molecule has 4 aromatic rings. The molecule has 2 heterocycles. The molecule has 1 unspecified atom stereocenters. The Morgan fingerprint density at radius 1 is 1.19 bits per heavy atom. The zero-order chi connectivity index (χ0) is 21.9. The fourth-order valence-electron chi connectivity index (χ4n) is 4.25. The van der Waals surface area contributed by atoms with Gasteiger partial charge in [-0.05, 0) is 54.3 Å². The zero-order valence-electron chi connectivity index (χ0n) is 18.1. The average Bonchev–Trinajstić information content (AvgIpc) is 3.47. The first-order valence-electron chi connectivity index (χ1n) is 11.1. The first kappa shape index (κ1) is 20.9. The van der Waals surface area contributed by atoms with Gasteiger partial charge in [0.15, 0.2) is 5.13 Å². The van der Waals surface area contributed by atoms with Gasteiger partial charge in [-0.2, -0.15) is 0 Å². The number of fused-ring (bicyclic) bond motifs is 2. The molecule has 6 heteroatoms. The van der Waals surface area contributed by atoms with Crippen LogP contribution < -0.4 is 9.64 Å². The number of rotatable bonds is 7. The molecule has 164 valence electrons. The summed E-state index contributed by atoms with van der Waals surface area (Å²) in [5, 5.41) is 2.98. The highest BCUT2D eigenvalue weighted by Gasteiger charge is 2.26. The molecule has 0 N–H and O–H groups in total. The summed E-state index contributed by atoms with van der Waals surface area (Å²) in [6.07, 6.45) is 2.39. The molecule has 0 aliphatic carbocycles. The molecule has 1 aromatic heterocycles. The van der Waals surface area contributed by atoms with E-state index in [0.29, 0.717) is 19.6 Å². The Morgan fingerprint density at radius 3 is 2.91 bits per heavy atom. The summed E-state index contributed by atoms with van der Waals surface area (Å²) in [6.45, 7) is 3.87. The van der Waals surface area contributed by atoms with Gasteiger partial charge < -0.3 is 9.47 Å². The third-order valence-electron chi connectivity index (χ3n) is 5.82. The van der Waals surface area contributed by atoms with E-state index in [9.17, 15) is 4.79 Å². The van der Waals surface area contributed by atoms with E-state index in [-0.39, 0.29) is 12.0 Å². The predicted octanol–water partition coefficient (Wildman–Crippen LogP) is 5.60. The summed E-state index contributed by atoms with van der Waals surface area (Å²) in [4.78, 5) is 20.2. The van der Waals surface area contributed by atoms with Crippen molar-refractivity contribution in [1.29, 1.82) is 0 Å². The number of amides is 1. The minimum Gasteiger partial charge on any atom is -0.494 e. The molecule has 1 aliphatic heterocycles. The molecular weight excluding hydrogens is 420 g/mol. The van der Waals surface area contributed by atoms with Crippen molar-refractivity contribution >= 4 is 43.4 Å². The van der Waals surface area contributed by atoms with Gasteiger partial charge in [0.1, 0.15) is 5.75 Å². The van der Waals surface area contributed by atoms with Crippen LogP contribution in [0.2, 0.25) is 0 Å². The number of thiazole rings is 1. The normalized spacial score (nSPS) is 16.0. The molecule has 3 aromatic carbocycles. The van der Waals surface area contributed by atoms with Crippen LogP contribution in [0, 0.1) is 0 Å². The second-order valence-corrected chi connectivity index (χ2v) is 9.02. The Labute approximate surface area is 191 Å². The second kappa shape index (κ2) is 9.27. The predicted molar refractivity (Wildman–Crippen MR) is 130 cm³/mol. The molecule has 0 saturated carbocycles. The molecule has 1 fully saturated rings. The van der Waals surface area contributed by atoms with E-state index < -0.39 is 0 Å². The fraction of sp³-hybridized carbons (Fsp3) is 0.308. The van der Waals surface area contributed by atoms with Crippen molar-refractivity contribution in [2.45, 2.75) is 32.3 Å². The first-order chi connectivity index (χ1) is 15.7. The Morgan fingerprint density at radius 2 is 2.06 bits per heavy atom. The highest BCUT2D eigenvalue weighted by atomic mass is 32.1. The van der Waals surface area contributed by atoms with Gasteiger partial charge in [-0.25, -0.2) is 4.98 Å². The Kier molecular flexibility index (Phi) is 6.06. The van der Waals surface area contributed by atoms with Crippen molar-refractivity contribution in [2.24, 2.45) is 0 Å². The van der Waals surface area contributed by atoms with Crippen LogP contribution >= 0.6 is 11.3 Å². The van der Waals surface area contributed by atoms with Gasteiger partial charge in [-0.1, -0.05) is 53.8 Å². The van der Waals surface area contributed by atoms with Crippen molar-refractivity contribution in [2.75, 3.05) is 24.7 Å². The number of nitrogens with zero attached hydrogens (tertiary/aromatic N) is 2. The van der Waals surface area contributed by atoms with E-state index in [0.717, 1.165) is 56.9 Å². The average molecular weight is 447 g/mol. The minimum atomic E-state index is 0.0425. The van der Waals surface area contributed by atoms with Crippen molar-refractivity contribution < 1.29 is 14.3 Å². The SMILES string of the molecule is CCOc1ccc2nc(N(CC3CCCO3)C(=O)Cc3cccc4ccccc34)sc2c1. The number of benzene rings is 3. The van der Waals surface area contributed by atoms with Crippen LogP contribution in [-0.2, 0) is 16.0 Å². The number of anilines is 1. The highest BCUT2D eigenvalue weighted by Crippen LogP contribution is 2.33. The van der Waals surface area contributed by atoms with E-state index in [1.807, 2.05) is 54.3 Å². The van der Waals surface area contributed by atoms with Crippen molar-refractivity contribution in [3.8, 4) is 5.75 Å². The third-order valence-corrected chi connectivity index (χ3v) is 6.86. The van der Waals surface area contributed by atoms with Crippen LogP contribution in [0.25, 0.3) is 21.0 Å². The number of aromatic nitrogens is 1. The van der Waals surface area contributed by atoms with Gasteiger partial charge in [0.05, 0.1) is 35.9 Å². The van der Waals surface area contributed by atoms with Gasteiger partial charge >= 0.3 is 0 Å². The Bertz CT molecular complexity index is 1240. The maximum Gasteiger partial charge on any atom is 0.233 e. The second-order valence-electron chi connectivity index (χ2n) is 8.01. The molecule has 1 saturated heterocycles. The monoisotopic (exact) mass is 446 g/mol. The topological polar surface area (TPSA) is 51.7 Å². The lowest BCUT2D eigenvalue weighted by molar-refractivity contribution is -0.118. The van der Waals surface area contributed by atoms with Crippen LogP contribution in [0.3, 0.4) is 0 Å². The maximum absolute atomic E-state index is 13.6. The van der Waals surface area contributed by atoms with Crippen molar-refractivity contribution in [3.05, 3.63) is 66.2 Å². The molecule has 32 heavy (non-hydrogen) atoms. The fourth-order valence-corrected chi connectivity index (χ4v) is 5.27. The minimum absolute atomic E-state index is 0.0425. The number of hydrogen-bond acceptors (Lipinski definition) is 5. The standard InChI is InChI=1S/C26H26N2O3S/c1-2-30-20-12-13-23-24(16-20)32-26(27-23)28(17-21-10-6-14-31-21)25(29)15-19-9-5-8-18-7-3-4-11-22(18)19/h3-5,7-9,11-13,16,21H,2,6,10,14-15,17H2,1H3. The smallest absolute Gasteiger partial charge is 0.233 e. The number of carbonyl (C=O) groups is 1. The van der Waals surface area contributed by atoms with Crippen LogP contribution in [0.15, 0.2) is 60.7 Å². The molecule has 1 amide bonds. The van der Waals surface area contributed by atoms with Gasteiger partial charge in [0.25, 0.3) is 0 Å². The van der Waals surface area contributed by atoms with E-state index in [1.165, 1.54) is 11.3 Å².